The van der Waals surface area contributed by atoms with Crippen molar-refractivity contribution in [3.8, 4) is 0 Å². The van der Waals surface area contributed by atoms with E-state index in [9.17, 15) is 4.79 Å². The fourth-order valence-electron chi connectivity index (χ4n) is 0.703. The van der Waals surface area contributed by atoms with Crippen LogP contribution in [-0.2, 0) is 0 Å². The van der Waals surface area contributed by atoms with Gasteiger partial charge in [-0.25, -0.2) is 0 Å². The third-order valence-corrected chi connectivity index (χ3v) is 1.90. The van der Waals surface area contributed by atoms with Crippen LogP contribution in [-0.4, -0.2) is 20.4 Å². The second kappa shape index (κ2) is 4.15. The van der Waals surface area contributed by atoms with Crippen molar-refractivity contribution >= 4 is 35.0 Å². The molecule has 0 saturated heterocycles. The smallest absolute Gasteiger partial charge is 0.276 e. The van der Waals surface area contributed by atoms with E-state index >= 15 is 0 Å². The van der Waals surface area contributed by atoms with Gasteiger partial charge < -0.3 is 5.73 Å². The van der Waals surface area contributed by atoms with Gasteiger partial charge in [0.15, 0.2) is 5.11 Å². The standard InChI is InChI=1S/C7H6ClN3OS/c8-11(7(9)13)6(12)5-2-1-3-10-4-5/h1-4H,(H2,9,13). The summed E-state index contributed by atoms with van der Waals surface area (Å²) in [6, 6.07) is 3.19. The molecule has 1 heterocycles. The summed E-state index contributed by atoms with van der Waals surface area (Å²) in [5.41, 5.74) is 5.50. The number of nitrogens with two attached hydrogens (primary N) is 1. The van der Waals surface area contributed by atoms with Gasteiger partial charge in [-0.15, -0.1) is 0 Å². The molecule has 6 heteroatoms. The molecule has 1 aromatic rings. The van der Waals surface area contributed by atoms with Crippen molar-refractivity contribution in [3.05, 3.63) is 30.1 Å². The Morgan fingerprint density at radius 2 is 2.38 bits per heavy atom. The molecule has 1 aromatic heterocycles. The van der Waals surface area contributed by atoms with E-state index in [2.05, 4.69) is 17.2 Å². The molecule has 0 unspecified atom stereocenters. The SMILES string of the molecule is NC(=S)N(Cl)C(=O)c1cccnc1. The number of hydrogen-bond donors (Lipinski definition) is 1. The number of halogens is 1. The normalized spacial score (nSPS) is 9.31. The van der Waals surface area contributed by atoms with Gasteiger partial charge in [-0.1, -0.05) is 0 Å². The van der Waals surface area contributed by atoms with Crippen LogP contribution in [0.25, 0.3) is 0 Å². The molecule has 4 nitrogen and oxygen atoms in total. The zero-order valence-electron chi connectivity index (χ0n) is 6.48. The first-order chi connectivity index (χ1) is 6.13. The van der Waals surface area contributed by atoms with E-state index in [4.69, 9.17) is 17.5 Å². The lowest BCUT2D eigenvalue weighted by molar-refractivity contribution is 0.0914. The Balaban J connectivity index is 2.86. The number of nitrogens with zero attached hydrogens (tertiary/aromatic N) is 2. The zero-order valence-corrected chi connectivity index (χ0v) is 8.05. The minimum absolute atomic E-state index is 0.185. The lowest BCUT2D eigenvalue weighted by Crippen LogP contribution is -2.32. The molecule has 0 spiro atoms. The minimum atomic E-state index is -0.484. The number of carbonyl (C=O) groups excluding carboxylic acids is 1. The highest BCUT2D eigenvalue weighted by Gasteiger charge is 2.15. The number of hydrogen-bond acceptors (Lipinski definition) is 3. The molecular weight excluding hydrogens is 210 g/mol. The highest BCUT2D eigenvalue weighted by atomic mass is 35.5. The first kappa shape index (κ1) is 9.88. The molecule has 1 amide bonds. The number of rotatable bonds is 1. The summed E-state index contributed by atoms with van der Waals surface area (Å²) in [5, 5.41) is -0.185. The van der Waals surface area contributed by atoms with Crippen molar-refractivity contribution in [1.29, 1.82) is 0 Å². The Hall–Kier alpha value is -1.20. The molecule has 2 N–H and O–H groups in total. The quantitative estimate of drug-likeness (QED) is 0.559. The Morgan fingerprint density at radius 3 is 2.85 bits per heavy atom. The van der Waals surface area contributed by atoms with Crippen LogP contribution < -0.4 is 5.73 Å². The van der Waals surface area contributed by atoms with Gasteiger partial charge in [0.2, 0.25) is 0 Å². The van der Waals surface area contributed by atoms with Gasteiger partial charge in [0.05, 0.1) is 5.56 Å². The minimum Gasteiger partial charge on any atom is -0.375 e. The van der Waals surface area contributed by atoms with E-state index in [1.54, 1.807) is 18.3 Å². The van der Waals surface area contributed by atoms with Crippen LogP contribution in [0.1, 0.15) is 10.4 Å². The van der Waals surface area contributed by atoms with Crippen LogP contribution in [0.4, 0.5) is 0 Å². The molecule has 0 aromatic carbocycles. The zero-order chi connectivity index (χ0) is 9.84. The number of amides is 1. The molecule has 0 bridgehead atoms. The molecule has 0 fully saturated rings. The van der Waals surface area contributed by atoms with Crippen LogP contribution in [0.2, 0.25) is 0 Å². The van der Waals surface area contributed by atoms with Gasteiger partial charge in [-0.3, -0.25) is 9.78 Å². The van der Waals surface area contributed by atoms with Gasteiger partial charge in [0.25, 0.3) is 5.91 Å². The molecule has 0 aliphatic rings. The van der Waals surface area contributed by atoms with E-state index in [0.717, 1.165) is 0 Å². The van der Waals surface area contributed by atoms with Crippen molar-refractivity contribution in [2.75, 3.05) is 0 Å². The summed E-state index contributed by atoms with van der Waals surface area (Å²) in [6.45, 7) is 0. The molecule has 0 radical (unpaired) electrons. The monoisotopic (exact) mass is 215 g/mol. The van der Waals surface area contributed by atoms with Gasteiger partial charge in [-0.2, -0.15) is 4.42 Å². The second-order valence-corrected chi connectivity index (χ2v) is 2.92. The highest BCUT2D eigenvalue weighted by molar-refractivity contribution is 7.80. The van der Waals surface area contributed by atoms with Crippen LogP contribution in [0, 0.1) is 0 Å². The summed E-state index contributed by atoms with van der Waals surface area (Å²) >= 11 is 10.0. The largest absolute Gasteiger partial charge is 0.375 e. The summed E-state index contributed by atoms with van der Waals surface area (Å²) < 4.78 is 0.673. The van der Waals surface area contributed by atoms with Crippen molar-refractivity contribution in [2.24, 2.45) is 5.73 Å². The maximum atomic E-state index is 11.4. The van der Waals surface area contributed by atoms with E-state index in [-0.39, 0.29) is 5.11 Å². The fraction of sp³-hybridized carbons (Fsp3) is 0. The number of aromatic nitrogens is 1. The molecule has 13 heavy (non-hydrogen) atoms. The number of thiocarbonyl (C=S) groups is 1. The first-order valence-electron chi connectivity index (χ1n) is 3.32. The maximum absolute atomic E-state index is 11.4. The third-order valence-electron chi connectivity index (χ3n) is 1.28. The topological polar surface area (TPSA) is 59.2 Å². The molecule has 0 atom stereocenters. The van der Waals surface area contributed by atoms with Gasteiger partial charge in [0, 0.05) is 24.2 Å². The van der Waals surface area contributed by atoms with Gasteiger partial charge in [-0.05, 0) is 24.4 Å². The summed E-state index contributed by atoms with van der Waals surface area (Å²) in [4.78, 5) is 15.1. The molecule has 0 aliphatic heterocycles. The van der Waals surface area contributed by atoms with E-state index < -0.39 is 5.91 Å². The average Bonchev–Trinajstić information content (AvgIpc) is 2.17. The molecular formula is C7H6ClN3OS. The van der Waals surface area contributed by atoms with E-state index in [1.807, 2.05) is 0 Å². The van der Waals surface area contributed by atoms with Crippen molar-refractivity contribution < 1.29 is 4.79 Å². The lowest BCUT2D eigenvalue weighted by atomic mass is 10.3. The fourth-order valence-corrected chi connectivity index (χ4v) is 0.883. The van der Waals surface area contributed by atoms with E-state index in [1.165, 1.54) is 6.20 Å². The van der Waals surface area contributed by atoms with Crippen molar-refractivity contribution in [1.82, 2.24) is 9.40 Å². The highest BCUT2D eigenvalue weighted by Crippen LogP contribution is 2.04. The molecule has 68 valence electrons. The number of carbonyl (C=O) groups is 1. The molecule has 0 saturated carbocycles. The Morgan fingerprint density at radius 1 is 1.69 bits per heavy atom. The molecule has 0 aliphatic carbocycles. The lowest BCUT2D eigenvalue weighted by Gasteiger charge is -2.09. The first-order valence-corrected chi connectivity index (χ1v) is 4.07. The summed E-state index contributed by atoms with van der Waals surface area (Å²) in [5.74, 6) is -0.484. The van der Waals surface area contributed by atoms with Crippen LogP contribution >= 0.6 is 24.0 Å². The summed E-state index contributed by atoms with van der Waals surface area (Å²) in [6.07, 6.45) is 2.94. The Kier molecular flexibility index (Phi) is 3.16. The van der Waals surface area contributed by atoms with E-state index in [0.29, 0.717) is 9.98 Å². The second-order valence-electron chi connectivity index (χ2n) is 2.17. The van der Waals surface area contributed by atoms with Gasteiger partial charge >= 0.3 is 0 Å². The third kappa shape index (κ3) is 2.37. The Bertz CT molecular complexity index is 330. The van der Waals surface area contributed by atoms with Crippen LogP contribution in [0.5, 0.6) is 0 Å². The van der Waals surface area contributed by atoms with Crippen molar-refractivity contribution in [3.63, 3.8) is 0 Å². The number of pyridine rings is 1. The molecule has 1 rings (SSSR count). The van der Waals surface area contributed by atoms with Gasteiger partial charge in [0.1, 0.15) is 0 Å². The Labute approximate surface area is 85.4 Å². The maximum Gasteiger partial charge on any atom is 0.276 e. The van der Waals surface area contributed by atoms with Crippen LogP contribution in [0.15, 0.2) is 24.5 Å². The summed E-state index contributed by atoms with van der Waals surface area (Å²) in [7, 11) is 0. The average molecular weight is 216 g/mol. The predicted octanol–water partition coefficient (Wildman–Crippen LogP) is 0.921. The predicted molar refractivity (Wildman–Crippen MR) is 53.0 cm³/mol. The van der Waals surface area contributed by atoms with Crippen LogP contribution in [0.3, 0.4) is 0 Å². The van der Waals surface area contributed by atoms with Crippen molar-refractivity contribution in [2.45, 2.75) is 0 Å².